The Morgan fingerprint density at radius 2 is 2.14 bits per heavy atom. The number of hydrogen-bond acceptors (Lipinski definition) is 1. The summed E-state index contributed by atoms with van der Waals surface area (Å²) in [6, 6.07) is 0. The number of amides is 1. The Morgan fingerprint density at radius 1 is 1.50 bits per heavy atom. The van der Waals surface area contributed by atoms with Crippen LogP contribution in [0.5, 0.6) is 0 Å². The smallest absolute Gasteiger partial charge is 0.449 e. The summed E-state index contributed by atoms with van der Waals surface area (Å²) in [6.07, 6.45) is -0.209. The first-order chi connectivity index (χ1) is 6.42. The van der Waals surface area contributed by atoms with Gasteiger partial charge in [0.2, 0.25) is 5.91 Å². The molecule has 0 aromatic heterocycles. The van der Waals surface area contributed by atoms with Crippen molar-refractivity contribution < 1.29 is 17.7 Å². The third kappa shape index (κ3) is 3.23. The lowest BCUT2D eigenvalue weighted by Crippen LogP contribution is -2.39. The molecule has 0 radical (unpaired) electrons. The SMILES string of the molecule is CCN1CCC(C[B-](F)(F)F)CC1=O. The van der Waals surface area contributed by atoms with Crippen LogP contribution in [0.1, 0.15) is 19.8 Å². The summed E-state index contributed by atoms with van der Waals surface area (Å²) in [5, 5.41) is 0. The Balaban J connectivity index is 2.43. The highest BCUT2D eigenvalue weighted by atomic mass is 19.4. The molecule has 82 valence electrons. The largest absolute Gasteiger partial charge is 0.478 e. The highest BCUT2D eigenvalue weighted by Gasteiger charge is 2.32. The van der Waals surface area contributed by atoms with Crippen molar-refractivity contribution in [1.29, 1.82) is 0 Å². The second-order valence-electron chi connectivity index (χ2n) is 3.78. The highest BCUT2D eigenvalue weighted by molar-refractivity contribution is 6.58. The summed E-state index contributed by atoms with van der Waals surface area (Å²) in [5.41, 5.74) is 0. The summed E-state index contributed by atoms with van der Waals surface area (Å²) >= 11 is 0. The zero-order valence-electron chi connectivity index (χ0n) is 8.18. The highest BCUT2D eigenvalue weighted by Crippen LogP contribution is 2.29. The van der Waals surface area contributed by atoms with E-state index in [0.717, 1.165) is 0 Å². The van der Waals surface area contributed by atoms with Crippen LogP contribution in [-0.4, -0.2) is 30.9 Å². The van der Waals surface area contributed by atoms with E-state index >= 15 is 0 Å². The number of carbonyl (C=O) groups excluding carboxylic acids is 1. The Bertz CT molecular complexity index is 219. The number of piperidine rings is 1. The third-order valence-corrected chi connectivity index (χ3v) is 2.61. The molecule has 0 N–H and O–H groups in total. The molecule has 1 amide bonds. The van der Waals surface area contributed by atoms with Gasteiger partial charge in [-0.15, -0.1) is 0 Å². The van der Waals surface area contributed by atoms with Gasteiger partial charge in [-0.1, -0.05) is 12.2 Å². The molecule has 0 bridgehead atoms. The van der Waals surface area contributed by atoms with Crippen LogP contribution in [0.2, 0.25) is 6.32 Å². The molecular formula is C8H14BF3NO-. The number of carbonyl (C=O) groups is 1. The van der Waals surface area contributed by atoms with Gasteiger partial charge < -0.3 is 17.8 Å². The molecule has 1 rings (SSSR count). The maximum atomic E-state index is 12.1. The summed E-state index contributed by atoms with van der Waals surface area (Å²) in [4.78, 5) is 12.9. The minimum absolute atomic E-state index is 0.0646. The fourth-order valence-corrected chi connectivity index (χ4v) is 1.85. The summed E-state index contributed by atoms with van der Waals surface area (Å²) in [6.45, 7) is -1.82. The molecule has 0 spiro atoms. The van der Waals surface area contributed by atoms with Crippen molar-refractivity contribution in [3.8, 4) is 0 Å². The van der Waals surface area contributed by atoms with Crippen molar-refractivity contribution in [3.63, 3.8) is 0 Å². The van der Waals surface area contributed by atoms with Gasteiger partial charge in [0.05, 0.1) is 0 Å². The molecule has 1 atom stereocenters. The van der Waals surface area contributed by atoms with Crippen LogP contribution < -0.4 is 0 Å². The molecule has 0 aromatic rings. The predicted octanol–water partition coefficient (Wildman–Crippen LogP) is 2.09. The molecule has 1 heterocycles. The van der Waals surface area contributed by atoms with Crippen molar-refractivity contribution in [2.45, 2.75) is 26.1 Å². The Labute approximate surface area is 81.5 Å². The molecule has 0 aromatic carbocycles. The molecule has 6 heteroatoms. The lowest BCUT2D eigenvalue weighted by molar-refractivity contribution is -0.134. The topological polar surface area (TPSA) is 20.3 Å². The molecule has 14 heavy (non-hydrogen) atoms. The van der Waals surface area contributed by atoms with Gasteiger partial charge in [-0.05, 0) is 13.3 Å². The lowest BCUT2D eigenvalue weighted by atomic mass is 9.74. The van der Waals surface area contributed by atoms with Crippen molar-refractivity contribution in [2.24, 2.45) is 5.92 Å². The Kier molecular flexibility index (Phi) is 3.45. The van der Waals surface area contributed by atoms with E-state index in [0.29, 0.717) is 19.5 Å². The predicted molar refractivity (Wildman–Crippen MR) is 48.9 cm³/mol. The van der Waals surface area contributed by atoms with Gasteiger partial charge >= 0.3 is 6.98 Å². The van der Waals surface area contributed by atoms with E-state index in [-0.39, 0.29) is 12.3 Å². The van der Waals surface area contributed by atoms with E-state index in [1.165, 1.54) is 0 Å². The van der Waals surface area contributed by atoms with E-state index in [4.69, 9.17) is 0 Å². The minimum atomic E-state index is -4.74. The molecule has 1 unspecified atom stereocenters. The summed E-state index contributed by atoms with van der Waals surface area (Å²) in [5.74, 6) is -0.617. The van der Waals surface area contributed by atoms with Crippen molar-refractivity contribution in [3.05, 3.63) is 0 Å². The number of hydrogen-bond donors (Lipinski definition) is 0. The van der Waals surface area contributed by atoms with Gasteiger partial charge in [0.15, 0.2) is 0 Å². The van der Waals surface area contributed by atoms with Crippen LogP contribution in [0, 0.1) is 5.92 Å². The summed E-state index contributed by atoms with van der Waals surface area (Å²) in [7, 11) is 0. The molecule has 0 aliphatic carbocycles. The third-order valence-electron chi connectivity index (χ3n) is 2.61. The second kappa shape index (κ2) is 4.23. The number of likely N-dealkylation sites (tertiary alicyclic amines) is 1. The van der Waals surface area contributed by atoms with Crippen LogP contribution in [0.15, 0.2) is 0 Å². The van der Waals surface area contributed by atoms with Crippen molar-refractivity contribution in [1.82, 2.24) is 4.90 Å². The first kappa shape index (κ1) is 11.4. The standard InChI is InChI=1S/C8H14BF3NO/c1-2-13-4-3-7(5-8(13)14)6-9(10,11)12/h7H,2-6H2,1H3/q-1. The van der Waals surface area contributed by atoms with Crippen LogP contribution in [0.4, 0.5) is 12.9 Å². The maximum Gasteiger partial charge on any atom is 0.478 e. The van der Waals surface area contributed by atoms with Gasteiger partial charge in [-0.2, -0.15) is 0 Å². The average molecular weight is 208 g/mol. The maximum absolute atomic E-state index is 12.1. The minimum Gasteiger partial charge on any atom is -0.449 e. The van der Waals surface area contributed by atoms with Crippen molar-refractivity contribution >= 4 is 12.9 Å². The fraction of sp³-hybridized carbons (Fsp3) is 0.875. The molecule has 1 saturated heterocycles. The van der Waals surface area contributed by atoms with Gasteiger partial charge in [-0.25, -0.2) is 0 Å². The normalized spacial score (nSPS) is 24.1. The lowest BCUT2D eigenvalue weighted by Gasteiger charge is -2.33. The molecule has 1 aliphatic rings. The first-order valence-corrected chi connectivity index (χ1v) is 4.91. The second-order valence-corrected chi connectivity index (χ2v) is 3.78. The number of halogens is 3. The van der Waals surface area contributed by atoms with Crippen LogP contribution in [-0.2, 0) is 4.79 Å². The number of rotatable bonds is 3. The van der Waals surface area contributed by atoms with E-state index in [2.05, 4.69) is 0 Å². The van der Waals surface area contributed by atoms with E-state index in [9.17, 15) is 17.7 Å². The first-order valence-electron chi connectivity index (χ1n) is 4.91. The molecule has 1 fully saturated rings. The molecule has 2 nitrogen and oxygen atoms in total. The Hall–Kier alpha value is -0.675. The van der Waals surface area contributed by atoms with Gasteiger partial charge in [0, 0.05) is 19.5 Å². The van der Waals surface area contributed by atoms with Crippen LogP contribution in [0.3, 0.4) is 0 Å². The molecule has 0 saturated carbocycles. The monoisotopic (exact) mass is 208 g/mol. The zero-order chi connectivity index (χ0) is 10.8. The van der Waals surface area contributed by atoms with Gasteiger partial charge in [0.25, 0.3) is 0 Å². The van der Waals surface area contributed by atoms with Crippen LogP contribution in [0.25, 0.3) is 0 Å². The van der Waals surface area contributed by atoms with Crippen molar-refractivity contribution in [2.75, 3.05) is 13.1 Å². The van der Waals surface area contributed by atoms with E-state index < -0.39 is 19.2 Å². The number of nitrogens with zero attached hydrogens (tertiary/aromatic N) is 1. The van der Waals surface area contributed by atoms with E-state index in [1.54, 1.807) is 4.90 Å². The zero-order valence-corrected chi connectivity index (χ0v) is 8.18. The molecule has 1 aliphatic heterocycles. The van der Waals surface area contributed by atoms with Gasteiger partial charge in [-0.3, -0.25) is 4.79 Å². The fourth-order valence-electron chi connectivity index (χ4n) is 1.85. The molecular weight excluding hydrogens is 194 g/mol. The van der Waals surface area contributed by atoms with E-state index in [1.807, 2.05) is 6.92 Å². The van der Waals surface area contributed by atoms with Crippen LogP contribution >= 0.6 is 0 Å². The quantitative estimate of drug-likeness (QED) is 0.650. The average Bonchev–Trinajstić information content (AvgIpc) is 2.01. The summed E-state index contributed by atoms with van der Waals surface area (Å²) < 4.78 is 36.3. The Morgan fingerprint density at radius 3 is 2.57 bits per heavy atom. The van der Waals surface area contributed by atoms with Gasteiger partial charge in [0.1, 0.15) is 0 Å².